The molecule has 0 aliphatic heterocycles. The Kier molecular flexibility index (Phi) is 3.56. The smallest absolute Gasteiger partial charge is 0.112 e. The fourth-order valence-corrected chi connectivity index (χ4v) is 3.69. The zero-order chi connectivity index (χ0) is 15.1. The van der Waals surface area contributed by atoms with E-state index in [1.54, 1.807) is 0 Å². The summed E-state index contributed by atoms with van der Waals surface area (Å²) in [5.41, 5.74) is 8.94. The average molecular weight is 285 g/mol. The molecule has 1 fully saturated rings. The Morgan fingerprint density at radius 3 is 2.48 bits per heavy atom. The maximum Gasteiger partial charge on any atom is 0.112 e. The predicted molar refractivity (Wildman–Crippen MR) is 88.4 cm³/mol. The first kappa shape index (κ1) is 14.6. The topological polar surface area (TPSA) is 43.8 Å². The largest absolute Gasteiger partial charge is 0.325 e. The molecule has 0 unspecified atom stereocenters. The molecule has 3 nitrogen and oxygen atoms in total. The first-order valence-electron chi connectivity index (χ1n) is 8.15. The van der Waals surface area contributed by atoms with Crippen molar-refractivity contribution in [1.82, 2.24) is 9.55 Å². The summed E-state index contributed by atoms with van der Waals surface area (Å²) < 4.78 is 2.38. The minimum Gasteiger partial charge on any atom is -0.325 e. The Morgan fingerprint density at radius 2 is 1.81 bits per heavy atom. The normalized spacial score (nSPS) is 19.0. The number of hydrogen-bond acceptors (Lipinski definition) is 2. The standard InChI is InChI=1S/C18H27N3/c1-17(2,3)21-15-10-6-5-9-14(15)20-16(21)13-18(19)11-7-4-8-12-18/h5-6,9-10H,4,7-8,11-13,19H2,1-3H3. The minimum atomic E-state index is -0.0668. The van der Waals surface area contributed by atoms with Crippen LogP contribution in [-0.2, 0) is 12.0 Å². The molecule has 0 atom stereocenters. The van der Waals surface area contributed by atoms with E-state index in [9.17, 15) is 0 Å². The van der Waals surface area contributed by atoms with Crippen LogP contribution in [0.2, 0.25) is 0 Å². The van der Waals surface area contributed by atoms with E-state index in [-0.39, 0.29) is 11.1 Å². The van der Waals surface area contributed by atoms with Gasteiger partial charge in [-0.1, -0.05) is 31.4 Å². The predicted octanol–water partition coefficient (Wildman–Crippen LogP) is 4.00. The molecular weight excluding hydrogens is 258 g/mol. The lowest BCUT2D eigenvalue weighted by molar-refractivity contribution is 0.279. The van der Waals surface area contributed by atoms with Gasteiger partial charge in [0.15, 0.2) is 0 Å². The molecule has 1 saturated carbocycles. The van der Waals surface area contributed by atoms with Gasteiger partial charge in [-0.2, -0.15) is 0 Å². The Bertz CT molecular complexity index is 627. The van der Waals surface area contributed by atoms with Gasteiger partial charge in [0.1, 0.15) is 5.82 Å². The van der Waals surface area contributed by atoms with E-state index in [0.29, 0.717) is 0 Å². The number of fused-ring (bicyclic) bond motifs is 1. The molecule has 21 heavy (non-hydrogen) atoms. The van der Waals surface area contributed by atoms with Crippen molar-refractivity contribution < 1.29 is 0 Å². The van der Waals surface area contributed by atoms with E-state index in [0.717, 1.165) is 30.6 Å². The van der Waals surface area contributed by atoms with E-state index < -0.39 is 0 Å². The number of hydrogen-bond donors (Lipinski definition) is 1. The van der Waals surface area contributed by atoms with Crippen molar-refractivity contribution in [1.29, 1.82) is 0 Å². The van der Waals surface area contributed by atoms with Crippen molar-refractivity contribution in [2.75, 3.05) is 0 Å². The third-order valence-corrected chi connectivity index (χ3v) is 4.66. The zero-order valence-corrected chi connectivity index (χ0v) is 13.5. The fraction of sp³-hybridized carbons (Fsp3) is 0.611. The van der Waals surface area contributed by atoms with Crippen molar-refractivity contribution >= 4 is 11.0 Å². The van der Waals surface area contributed by atoms with E-state index >= 15 is 0 Å². The highest BCUT2D eigenvalue weighted by Crippen LogP contribution is 2.32. The maximum atomic E-state index is 6.67. The third-order valence-electron chi connectivity index (χ3n) is 4.66. The zero-order valence-electron chi connectivity index (χ0n) is 13.5. The second-order valence-corrected chi connectivity index (χ2v) is 7.62. The first-order chi connectivity index (χ1) is 9.89. The molecule has 3 rings (SSSR count). The summed E-state index contributed by atoms with van der Waals surface area (Å²) in [4.78, 5) is 4.90. The molecule has 0 spiro atoms. The summed E-state index contributed by atoms with van der Waals surface area (Å²) in [7, 11) is 0. The third kappa shape index (κ3) is 2.84. The summed E-state index contributed by atoms with van der Waals surface area (Å²) in [6.07, 6.45) is 6.98. The molecule has 0 amide bonds. The Morgan fingerprint density at radius 1 is 1.14 bits per heavy atom. The van der Waals surface area contributed by atoms with Crippen LogP contribution >= 0.6 is 0 Å². The Hall–Kier alpha value is -1.35. The molecule has 114 valence electrons. The lowest BCUT2D eigenvalue weighted by Crippen LogP contribution is -2.45. The molecule has 3 heteroatoms. The molecule has 0 saturated heterocycles. The van der Waals surface area contributed by atoms with Gasteiger partial charge in [-0.3, -0.25) is 0 Å². The van der Waals surface area contributed by atoms with Crippen LogP contribution < -0.4 is 5.73 Å². The lowest BCUT2D eigenvalue weighted by atomic mass is 9.80. The summed E-state index contributed by atoms with van der Waals surface area (Å²) in [6, 6.07) is 8.42. The van der Waals surface area contributed by atoms with Gasteiger partial charge in [-0.15, -0.1) is 0 Å². The Balaban J connectivity index is 2.05. The molecular formula is C18H27N3. The monoisotopic (exact) mass is 285 g/mol. The summed E-state index contributed by atoms with van der Waals surface area (Å²) >= 11 is 0. The van der Waals surface area contributed by atoms with Gasteiger partial charge in [0.25, 0.3) is 0 Å². The highest BCUT2D eigenvalue weighted by molar-refractivity contribution is 5.76. The molecule has 1 aliphatic rings. The number of imidazole rings is 1. The molecule has 1 aromatic heterocycles. The summed E-state index contributed by atoms with van der Waals surface area (Å²) in [5.74, 6) is 1.15. The van der Waals surface area contributed by atoms with Gasteiger partial charge in [0.2, 0.25) is 0 Å². The van der Waals surface area contributed by atoms with E-state index in [1.807, 2.05) is 0 Å². The van der Waals surface area contributed by atoms with E-state index in [4.69, 9.17) is 10.7 Å². The molecule has 2 aromatic rings. The van der Waals surface area contributed by atoms with E-state index in [1.165, 1.54) is 24.8 Å². The van der Waals surface area contributed by atoms with Crippen LogP contribution in [0.4, 0.5) is 0 Å². The van der Waals surface area contributed by atoms with Gasteiger partial charge in [-0.05, 0) is 45.7 Å². The summed E-state index contributed by atoms with van der Waals surface area (Å²) in [6.45, 7) is 6.73. The molecule has 0 radical (unpaired) electrons. The first-order valence-corrected chi connectivity index (χ1v) is 8.15. The van der Waals surface area contributed by atoms with Crippen LogP contribution in [0, 0.1) is 0 Å². The average Bonchev–Trinajstić information content (AvgIpc) is 2.76. The second kappa shape index (κ2) is 5.13. The quantitative estimate of drug-likeness (QED) is 0.906. The van der Waals surface area contributed by atoms with E-state index in [2.05, 4.69) is 49.6 Å². The van der Waals surface area contributed by atoms with Crippen molar-refractivity contribution in [3.63, 3.8) is 0 Å². The molecule has 1 heterocycles. The molecule has 1 aliphatic carbocycles. The van der Waals surface area contributed by atoms with Crippen molar-refractivity contribution in [3.8, 4) is 0 Å². The van der Waals surface area contributed by atoms with Crippen molar-refractivity contribution in [2.24, 2.45) is 5.73 Å². The number of nitrogens with two attached hydrogens (primary N) is 1. The summed E-state index contributed by atoms with van der Waals surface area (Å²) in [5, 5.41) is 0. The van der Waals surface area contributed by atoms with Gasteiger partial charge in [-0.25, -0.2) is 4.98 Å². The van der Waals surface area contributed by atoms with Gasteiger partial charge < -0.3 is 10.3 Å². The fourth-order valence-electron chi connectivity index (χ4n) is 3.69. The SMILES string of the molecule is CC(C)(C)n1c(CC2(N)CCCCC2)nc2ccccc21. The highest BCUT2D eigenvalue weighted by Gasteiger charge is 2.31. The van der Waals surface area contributed by atoms with Gasteiger partial charge in [0.05, 0.1) is 11.0 Å². The minimum absolute atomic E-state index is 0.0243. The van der Waals surface area contributed by atoms with Crippen LogP contribution in [0.5, 0.6) is 0 Å². The molecule has 1 aromatic carbocycles. The van der Waals surface area contributed by atoms with Crippen LogP contribution in [0.3, 0.4) is 0 Å². The number of para-hydroxylation sites is 2. The van der Waals surface area contributed by atoms with Crippen LogP contribution in [0.25, 0.3) is 11.0 Å². The van der Waals surface area contributed by atoms with Gasteiger partial charge >= 0.3 is 0 Å². The number of aromatic nitrogens is 2. The van der Waals surface area contributed by atoms with Crippen molar-refractivity contribution in [2.45, 2.75) is 70.4 Å². The highest BCUT2D eigenvalue weighted by atomic mass is 15.1. The van der Waals surface area contributed by atoms with Crippen LogP contribution in [-0.4, -0.2) is 15.1 Å². The number of benzene rings is 1. The number of nitrogens with zero attached hydrogens (tertiary/aromatic N) is 2. The lowest BCUT2D eigenvalue weighted by Gasteiger charge is -2.34. The van der Waals surface area contributed by atoms with Crippen LogP contribution in [0.1, 0.15) is 58.7 Å². The second-order valence-electron chi connectivity index (χ2n) is 7.62. The van der Waals surface area contributed by atoms with Crippen molar-refractivity contribution in [3.05, 3.63) is 30.1 Å². The molecule has 2 N–H and O–H groups in total. The van der Waals surface area contributed by atoms with Crippen LogP contribution in [0.15, 0.2) is 24.3 Å². The van der Waals surface area contributed by atoms with Gasteiger partial charge in [0, 0.05) is 17.5 Å². The Labute approximate surface area is 127 Å². The maximum absolute atomic E-state index is 6.67. The molecule has 0 bridgehead atoms. The number of rotatable bonds is 2.